The van der Waals surface area contributed by atoms with E-state index < -0.39 is 17.8 Å². The molecule has 2 aromatic rings. The monoisotopic (exact) mass is 514 g/mol. The standard InChI is InChI=1S/C26H28ClFN4O4/c1-3-36-25(34)22-21(30(2)26(35)29-23(22)19-6-4-5-7-20(19)27)16-31-12-14-32(15-13-31)24(33)17-8-10-18(28)11-9-17/h4-11,23H,3,12-16H2,1-2H3,(H,29,35). The van der Waals surface area contributed by atoms with Crippen molar-refractivity contribution in [1.82, 2.24) is 20.0 Å². The zero-order valence-corrected chi connectivity index (χ0v) is 20.9. The second kappa shape index (κ2) is 11.1. The van der Waals surface area contributed by atoms with Crippen molar-refractivity contribution in [1.29, 1.82) is 0 Å². The van der Waals surface area contributed by atoms with Gasteiger partial charge in [-0.1, -0.05) is 29.8 Å². The third-order valence-electron chi connectivity index (χ3n) is 6.41. The van der Waals surface area contributed by atoms with E-state index in [1.807, 2.05) is 0 Å². The Bertz CT molecular complexity index is 1180. The van der Waals surface area contributed by atoms with Crippen LogP contribution in [0.15, 0.2) is 59.8 Å². The summed E-state index contributed by atoms with van der Waals surface area (Å²) in [4.78, 5) is 44.0. The molecule has 1 N–H and O–H groups in total. The molecule has 1 atom stereocenters. The largest absolute Gasteiger partial charge is 0.463 e. The van der Waals surface area contributed by atoms with Crippen molar-refractivity contribution in [2.75, 3.05) is 46.4 Å². The molecule has 3 amide bonds. The van der Waals surface area contributed by atoms with E-state index in [1.54, 1.807) is 43.1 Å². The molecular formula is C26H28ClFN4O4. The lowest BCUT2D eigenvalue weighted by molar-refractivity contribution is -0.139. The molecule has 0 saturated carbocycles. The summed E-state index contributed by atoms with van der Waals surface area (Å²) in [6, 6.07) is 11.5. The van der Waals surface area contributed by atoms with Crippen LogP contribution >= 0.6 is 11.6 Å². The minimum absolute atomic E-state index is 0.158. The quantitative estimate of drug-likeness (QED) is 0.597. The lowest BCUT2D eigenvalue weighted by Gasteiger charge is -2.39. The molecular weight excluding hydrogens is 487 g/mol. The Kier molecular flexibility index (Phi) is 7.91. The van der Waals surface area contributed by atoms with Crippen LogP contribution in [-0.4, -0.2) is 79.0 Å². The van der Waals surface area contributed by atoms with Gasteiger partial charge in [0.2, 0.25) is 0 Å². The van der Waals surface area contributed by atoms with Gasteiger partial charge in [0.1, 0.15) is 5.82 Å². The number of carbonyl (C=O) groups is 3. The number of hydrogen-bond acceptors (Lipinski definition) is 5. The number of likely N-dealkylation sites (N-methyl/N-ethyl adjacent to an activating group) is 1. The van der Waals surface area contributed by atoms with Gasteiger partial charge in [-0.25, -0.2) is 14.0 Å². The van der Waals surface area contributed by atoms with E-state index in [9.17, 15) is 18.8 Å². The molecule has 1 fully saturated rings. The van der Waals surface area contributed by atoms with Crippen molar-refractivity contribution < 1.29 is 23.5 Å². The maximum absolute atomic E-state index is 13.2. The molecule has 8 nitrogen and oxygen atoms in total. The van der Waals surface area contributed by atoms with E-state index in [2.05, 4.69) is 10.2 Å². The molecule has 1 unspecified atom stereocenters. The summed E-state index contributed by atoms with van der Waals surface area (Å²) in [6.07, 6.45) is 0. The van der Waals surface area contributed by atoms with Crippen LogP contribution in [0.5, 0.6) is 0 Å². The molecule has 10 heteroatoms. The molecule has 0 aromatic heterocycles. The first-order valence-electron chi connectivity index (χ1n) is 11.8. The summed E-state index contributed by atoms with van der Waals surface area (Å²) in [5.41, 5.74) is 1.90. The van der Waals surface area contributed by atoms with Gasteiger partial charge in [0.05, 0.1) is 18.2 Å². The Morgan fingerprint density at radius 1 is 1.08 bits per heavy atom. The molecule has 4 rings (SSSR count). The van der Waals surface area contributed by atoms with Crippen LogP contribution < -0.4 is 5.32 Å². The summed E-state index contributed by atoms with van der Waals surface area (Å²) in [6.45, 7) is 4.23. The first-order chi connectivity index (χ1) is 17.3. The average Bonchev–Trinajstić information content (AvgIpc) is 2.87. The first-order valence-corrected chi connectivity index (χ1v) is 12.1. The number of amides is 3. The fourth-order valence-electron chi connectivity index (χ4n) is 4.44. The summed E-state index contributed by atoms with van der Waals surface area (Å²) in [5.74, 6) is -1.07. The third kappa shape index (κ3) is 5.37. The van der Waals surface area contributed by atoms with Gasteiger partial charge in [-0.15, -0.1) is 0 Å². The van der Waals surface area contributed by atoms with Crippen LogP contribution in [0.2, 0.25) is 5.02 Å². The number of halogens is 2. The number of benzene rings is 2. The minimum Gasteiger partial charge on any atom is -0.463 e. The van der Waals surface area contributed by atoms with E-state index in [1.165, 1.54) is 29.2 Å². The Morgan fingerprint density at radius 3 is 2.39 bits per heavy atom. The van der Waals surface area contributed by atoms with Gasteiger partial charge < -0.3 is 15.0 Å². The number of piperazine rings is 1. The Morgan fingerprint density at radius 2 is 1.75 bits per heavy atom. The van der Waals surface area contributed by atoms with Gasteiger partial charge in [-0.05, 0) is 42.8 Å². The number of esters is 1. The van der Waals surface area contributed by atoms with Crippen molar-refractivity contribution >= 4 is 29.5 Å². The van der Waals surface area contributed by atoms with Gasteiger partial charge in [0, 0.05) is 56.1 Å². The van der Waals surface area contributed by atoms with Crippen LogP contribution in [0.4, 0.5) is 9.18 Å². The van der Waals surface area contributed by atoms with Crippen molar-refractivity contribution in [3.8, 4) is 0 Å². The van der Waals surface area contributed by atoms with Crippen molar-refractivity contribution in [2.24, 2.45) is 0 Å². The number of nitrogens with one attached hydrogen (secondary N) is 1. The summed E-state index contributed by atoms with van der Waals surface area (Å²) >= 11 is 6.42. The molecule has 0 aliphatic carbocycles. The highest BCUT2D eigenvalue weighted by atomic mass is 35.5. The lowest BCUT2D eigenvalue weighted by atomic mass is 9.94. The summed E-state index contributed by atoms with van der Waals surface area (Å²) in [7, 11) is 1.61. The fourth-order valence-corrected chi connectivity index (χ4v) is 4.68. The van der Waals surface area contributed by atoms with Crippen LogP contribution in [0.1, 0.15) is 28.9 Å². The Balaban J connectivity index is 1.57. The molecule has 2 aliphatic heterocycles. The number of nitrogens with zero attached hydrogens (tertiary/aromatic N) is 3. The van der Waals surface area contributed by atoms with Crippen molar-refractivity contribution in [3.05, 3.63) is 81.8 Å². The summed E-state index contributed by atoms with van der Waals surface area (Å²) < 4.78 is 18.6. The lowest BCUT2D eigenvalue weighted by Crippen LogP contribution is -2.53. The van der Waals surface area contributed by atoms with Crippen LogP contribution in [-0.2, 0) is 9.53 Å². The smallest absolute Gasteiger partial charge is 0.338 e. The molecule has 190 valence electrons. The predicted molar refractivity (Wildman–Crippen MR) is 133 cm³/mol. The highest BCUT2D eigenvalue weighted by Gasteiger charge is 2.38. The Labute approximate surface area is 214 Å². The number of urea groups is 1. The zero-order valence-electron chi connectivity index (χ0n) is 20.2. The van der Waals surface area contributed by atoms with Crippen LogP contribution in [0, 0.1) is 5.82 Å². The van der Waals surface area contributed by atoms with E-state index in [0.717, 1.165) is 0 Å². The second-order valence-electron chi connectivity index (χ2n) is 8.62. The minimum atomic E-state index is -0.752. The molecule has 1 saturated heterocycles. The Hall–Kier alpha value is -3.43. The van der Waals surface area contributed by atoms with E-state index in [0.29, 0.717) is 60.1 Å². The molecule has 36 heavy (non-hydrogen) atoms. The maximum atomic E-state index is 13.2. The van der Waals surface area contributed by atoms with Gasteiger partial charge >= 0.3 is 12.0 Å². The van der Waals surface area contributed by atoms with Crippen molar-refractivity contribution in [3.63, 3.8) is 0 Å². The molecule has 0 spiro atoms. The fraction of sp³-hybridized carbons (Fsp3) is 0.346. The van der Waals surface area contributed by atoms with Gasteiger partial charge in [0.15, 0.2) is 0 Å². The predicted octanol–water partition coefficient (Wildman–Crippen LogP) is 3.45. The number of rotatable bonds is 6. The highest BCUT2D eigenvalue weighted by Crippen LogP contribution is 2.34. The normalized spacial score (nSPS) is 18.8. The average molecular weight is 515 g/mol. The molecule has 2 heterocycles. The van der Waals surface area contributed by atoms with Crippen molar-refractivity contribution in [2.45, 2.75) is 13.0 Å². The SMILES string of the molecule is CCOC(=O)C1=C(CN2CCN(C(=O)c3ccc(F)cc3)CC2)N(C)C(=O)NC1c1ccccc1Cl. The van der Waals surface area contributed by atoms with E-state index >= 15 is 0 Å². The van der Waals surface area contributed by atoms with E-state index in [-0.39, 0.29) is 18.5 Å². The maximum Gasteiger partial charge on any atom is 0.338 e. The third-order valence-corrected chi connectivity index (χ3v) is 6.76. The summed E-state index contributed by atoms with van der Waals surface area (Å²) in [5, 5.41) is 3.30. The van der Waals surface area contributed by atoms with Crippen LogP contribution in [0.25, 0.3) is 0 Å². The van der Waals surface area contributed by atoms with Gasteiger partial charge in [-0.2, -0.15) is 0 Å². The zero-order chi connectivity index (χ0) is 25.8. The first kappa shape index (κ1) is 25.7. The highest BCUT2D eigenvalue weighted by molar-refractivity contribution is 6.31. The molecule has 2 aromatic carbocycles. The molecule has 0 bridgehead atoms. The van der Waals surface area contributed by atoms with Gasteiger partial charge in [0.25, 0.3) is 5.91 Å². The van der Waals surface area contributed by atoms with Crippen LogP contribution in [0.3, 0.4) is 0 Å². The number of carbonyl (C=O) groups excluding carboxylic acids is 3. The molecule has 2 aliphatic rings. The number of hydrogen-bond donors (Lipinski definition) is 1. The van der Waals surface area contributed by atoms with Gasteiger partial charge in [-0.3, -0.25) is 14.6 Å². The second-order valence-corrected chi connectivity index (χ2v) is 9.03. The van der Waals surface area contributed by atoms with E-state index in [4.69, 9.17) is 16.3 Å². The topological polar surface area (TPSA) is 82.2 Å². The molecule has 0 radical (unpaired) electrons. The number of ether oxygens (including phenoxy) is 1.